The Morgan fingerprint density at radius 2 is 1.97 bits per heavy atom. The molecule has 0 bridgehead atoms. The molecular weight excluding hydrogens is 496 g/mol. The first-order valence-electron chi connectivity index (χ1n) is 10.1. The average molecular weight is 520 g/mol. The number of aromatic nitrogens is 3. The first-order chi connectivity index (χ1) is 14.7. The number of anilines is 1. The molecule has 0 spiro atoms. The topological polar surface area (TPSA) is 71.8 Å². The van der Waals surface area contributed by atoms with Crippen LogP contribution in [0.15, 0.2) is 59.7 Å². The predicted octanol–water partition coefficient (Wildman–Crippen LogP) is -0.145. The Labute approximate surface area is 186 Å². The van der Waals surface area contributed by atoms with E-state index in [1.165, 1.54) is 0 Å². The van der Waals surface area contributed by atoms with E-state index in [4.69, 9.17) is 0 Å². The molecule has 0 atom stereocenters. The molecular formula is C22H24FIN5O-. The van der Waals surface area contributed by atoms with Gasteiger partial charge in [-0.3, -0.25) is 0 Å². The van der Waals surface area contributed by atoms with Crippen LogP contribution in [0.25, 0.3) is 11.3 Å². The fourth-order valence-corrected chi connectivity index (χ4v) is 4.17. The van der Waals surface area contributed by atoms with Crippen LogP contribution in [0.4, 0.5) is 8.81 Å². The van der Waals surface area contributed by atoms with E-state index in [2.05, 4.69) is 20.6 Å². The Morgan fingerprint density at radius 3 is 2.70 bits per heavy atom. The molecule has 158 valence electrons. The van der Waals surface area contributed by atoms with Gasteiger partial charge in [0.25, 0.3) is 0 Å². The maximum absolute atomic E-state index is 12.7. The van der Waals surface area contributed by atoms with Crippen molar-refractivity contribution in [1.29, 1.82) is 0 Å². The van der Waals surface area contributed by atoms with Gasteiger partial charge >= 0.3 is 127 Å². The minimum atomic E-state index is -1.37. The number of piperidine rings is 1. The standard InChI is InChI=1S/C22H24FIN5O/c23-24-18-3-1-16(2-4-18)8-13-29-14-9-17(15-21(29)30)20-7-12-26-22(28-20)27-19-5-10-25-11-6-19/h1-4,7,9,12,14-15,19,25H,5-6,8,10-11,13H2,(H,26,27,28)/q-1. The van der Waals surface area contributed by atoms with Crippen molar-refractivity contribution in [3.8, 4) is 11.3 Å². The van der Waals surface area contributed by atoms with Crippen molar-refractivity contribution in [2.24, 2.45) is 0 Å². The van der Waals surface area contributed by atoms with E-state index in [1.807, 2.05) is 36.4 Å². The number of hydrogen-bond donors (Lipinski definition) is 2. The van der Waals surface area contributed by atoms with Crippen LogP contribution in [0.5, 0.6) is 0 Å². The van der Waals surface area contributed by atoms with Crippen LogP contribution in [0.2, 0.25) is 0 Å². The molecule has 8 heteroatoms. The van der Waals surface area contributed by atoms with Gasteiger partial charge in [0.1, 0.15) is 0 Å². The van der Waals surface area contributed by atoms with Crippen LogP contribution in [0, 0.1) is 3.57 Å². The van der Waals surface area contributed by atoms with E-state index in [0.717, 1.165) is 52.7 Å². The molecule has 1 aromatic carbocycles. The van der Waals surface area contributed by atoms with E-state index in [0.29, 0.717) is 18.5 Å². The number of pyridine rings is 1. The second-order valence-corrected chi connectivity index (χ2v) is 8.98. The summed E-state index contributed by atoms with van der Waals surface area (Å²) in [6, 6.07) is 13.3. The van der Waals surface area contributed by atoms with Crippen molar-refractivity contribution in [1.82, 2.24) is 19.9 Å². The minimum absolute atomic E-state index is 0.0646. The van der Waals surface area contributed by atoms with Gasteiger partial charge in [-0.05, 0) is 25.9 Å². The number of aryl methyl sites for hydroxylation is 2. The number of nitrogens with zero attached hydrogens (tertiary/aromatic N) is 3. The Hall–Kier alpha value is -2.33. The summed E-state index contributed by atoms with van der Waals surface area (Å²) in [7, 11) is 0. The summed E-state index contributed by atoms with van der Waals surface area (Å²) in [5.41, 5.74) is 2.54. The van der Waals surface area contributed by atoms with E-state index in [9.17, 15) is 7.65 Å². The van der Waals surface area contributed by atoms with E-state index in [-0.39, 0.29) is 5.56 Å². The van der Waals surface area contributed by atoms with Crippen LogP contribution in [0.1, 0.15) is 18.4 Å². The molecule has 3 aromatic rings. The quantitative estimate of drug-likeness (QED) is 0.425. The van der Waals surface area contributed by atoms with E-state index in [1.54, 1.807) is 23.0 Å². The molecule has 0 radical (unpaired) electrons. The SMILES string of the molecule is O=c1cc(-c2ccnc(NC3CCNCC3)n2)ccn1CCc1ccc([I-]F)cc1. The van der Waals surface area contributed by atoms with Crippen LogP contribution in [-0.2, 0) is 13.0 Å². The molecule has 0 saturated carbocycles. The molecule has 3 heterocycles. The number of nitrogens with one attached hydrogen (secondary N) is 2. The number of hydrogen-bond acceptors (Lipinski definition) is 5. The zero-order valence-corrected chi connectivity index (χ0v) is 18.7. The second-order valence-electron chi connectivity index (χ2n) is 7.33. The van der Waals surface area contributed by atoms with Crippen molar-refractivity contribution in [3.63, 3.8) is 0 Å². The molecule has 6 nitrogen and oxygen atoms in total. The van der Waals surface area contributed by atoms with Crippen molar-refractivity contribution >= 4 is 5.95 Å². The summed E-state index contributed by atoms with van der Waals surface area (Å²) in [6.07, 6.45) is 6.34. The molecule has 4 rings (SSSR count). The Balaban J connectivity index is 1.43. The van der Waals surface area contributed by atoms with Gasteiger partial charge in [0.2, 0.25) is 5.95 Å². The first kappa shape index (κ1) is 20.9. The molecule has 2 aromatic heterocycles. The molecule has 30 heavy (non-hydrogen) atoms. The normalized spacial score (nSPS) is 14.7. The monoisotopic (exact) mass is 520 g/mol. The van der Waals surface area contributed by atoms with Gasteiger partial charge in [0, 0.05) is 12.2 Å². The van der Waals surface area contributed by atoms with Gasteiger partial charge < -0.3 is 10.6 Å². The molecule has 1 fully saturated rings. The molecule has 0 amide bonds. The van der Waals surface area contributed by atoms with Crippen molar-refractivity contribution in [2.75, 3.05) is 18.4 Å². The third-order valence-corrected chi connectivity index (χ3v) is 6.45. The maximum atomic E-state index is 12.7. The molecule has 1 aliphatic rings. The van der Waals surface area contributed by atoms with Crippen LogP contribution in [0.3, 0.4) is 0 Å². The molecule has 2 N–H and O–H groups in total. The zero-order chi connectivity index (χ0) is 20.8. The summed E-state index contributed by atoms with van der Waals surface area (Å²) >= 11 is -1.37. The number of halogens is 2. The van der Waals surface area contributed by atoms with Crippen molar-refractivity contribution < 1.29 is 24.6 Å². The molecule has 1 aliphatic heterocycles. The number of rotatable bonds is 7. The molecule has 1 saturated heterocycles. The van der Waals surface area contributed by atoms with Gasteiger partial charge in [-0.15, -0.1) is 0 Å². The molecule has 0 unspecified atom stereocenters. The van der Waals surface area contributed by atoms with Crippen molar-refractivity contribution in [2.45, 2.75) is 31.8 Å². The summed E-state index contributed by atoms with van der Waals surface area (Å²) < 4.78 is 15.2. The average Bonchev–Trinajstić information content (AvgIpc) is 2.79. The summed E-state index contributed by atoms with van der Waals surface area (Å²) in [5, 5.41) is 6.74. The Bertz CT molecular complexity index is 1030. The summed E-state index contributed by atoms with van der Waals surface area (Å²) in [4.78, 5) is 21.5. The van der Waals surface area contributed by atoms with Crippen LogP contribution in [-0.4, -0.2) is 33.7 Å². The Kier molecular flexibility index (Phi) is 7.06. The van der Waals surface area contributed by atoms with Crippen molar-refractivity contribution in [3.05, 3.63) is 74.3 Å². The van der Waals surface area contributed by atoms with Crippen LogP contribution >= 0.6 is 0 Å². The van der Waals surface area contributed by atoms with Gasteiger partial charge in [-0.2, -0.15) is 0 Å². The summed E-state index contributed by atoms with van der Waals surface area (Å²) in [6.45, 7) is 2.57. The first-order valence-corrected chi connectivity index (χ1v) is 12.0. The zero-order valence-electron chi connectivity index (χ0n) is 16.5. The fourth-order valence-electron chi connectivity index (χ4n) is 3.54. The summed E-state index contributed by atoms with van der Waals surface area (Å²) in [5.74, 6) is 0.600. The molecule has 0 aliphatic carbocycles. The van der Waals surface area contributed by atoms with Crippen LogP contribution < -0.4 is 38.0 Å². The second kappa shape index (κ2) is 10.1. The van der Waals surface area contributed by atoms with Gasteiger partial charge in [-0.25, -0.2) is 4.98 Å². The van der Waals surface area contributed by atoms with E-state index < -0.39 is 21.8 Å². The third kappa shape index (κ3) is 5.42. The fraction of sp³-hybridized carbons (Fsp3) is 0.318. The van der Waals surface area contributed by atoms with Gasteiger partial charge in [-0.1, -0.05) is 0 Å². The van der Waals surface area contributed by atoms with Gasteiger partial charge in [0.05, 0.1) is 0 Å². The number of benzene rings is 1. The Morgan fingerprint density at radius 1 is 1.17 bits per heavy atom. The van der Waals surface area contributed by atoms with Gasteiger partial charge in [0.15, 0.2) is 0 Å². The predicted molar refractivity (Wildman–Crippen MR) is 111 cm³/mol. The third-order valence-electron chi connectivity index (χ3n) is 5.26. The van der Waals surface area contributed by atoms with E-state index >= 15 is 0 Å².